The maximum absolute atomic E-state index is 12.4. The number of aryl methyl sites for hydroxylation is 1. The monoisotopic (exact) mass is 298 g/mol. The Hall–Kier alpha value is -2.26. The Morgan fingerprint density at radius 1 is 1.19 bits per heavy atom. The highest BCUT2D eigenvalue weighted by atomic mass is 35.5. The zero-order valence-corrected chi connectivity index (χ0v) is 12.4. The van der Waals surface area contributed by atoms with E-state index in [9.17, 15) is 4.79 Å². The molecule has 3 rings (SSSR count). The lowest BCUT2D eigenvalue weighted by molar-refractivity contribution is 0.102. The van der Waals surface area contributed by atoms with Crippen LogP contribution in [0.2, 0.25) is 5.02 Å². The number of nitrogens with one attached hydrogen (secondary N) is 2. The topological polar surface area (TPSA) is 44.9 Å². The number of aromatic nitrogens is 1. The third kappa shape index (κ3) is 2.78. The number of rotatable bonds is 3. The molecular formula is C17H15ClN2O. The third-order valence-corrected chi connectivity index (χ3v) is 3.71. The van der Waals surface area contributed by atoms with Crippen molar-refractivity contribution in [1.82, 2.24) is 4.98 Å². The molecule has 0 fully saturated rings. The smallest absolute Gasteiger partial charge is 0.272 e. The minimum atomic E-state index is -0.150. The fourth-order valence-corrected chi connectivity index (χ4v) is 2.53. The molecule has 0 saturated carbocycles. The van der Waals surface area contributed by atoms with Crippen LogP contribution in [0.4, 0.5) is 5.69 Å². The van der Waals surface area contributed by atoms with E-state index in [0.29, 0.717) is 10.7 Å². The largest absolute Gasteiger partial charge is 0.350 e. The summed E-state index contributed by atoms with van der Waals surface area (Å²) < 4.78 is 0. The van der Waals surface area contributed by atoms with E-state index in [1.165, 1.54) is 0 Å². The number of hydrogen-bond acceptors (Lipinski definition) is 1. The Bertz CT molecular complexity index is 807. The molecule has 3 nitrogen and oxygen atoms in total. The van der Waals surface area contributed by atoms with E-state index in [2.05, 4.69) is 17.2 Å². The van der Waals surface area contributed by atoms with Crippen molar-refractivity contribution >= 4 is 34.1 Å². The van der Waals surface area contributed by atoms with Crippen molar-refractivity contribution in [1.29, 1.82) is 0 Å². The molecule has 0 unspecified atom stereocenters. The normalized spacial score (nSPS) is 10.8. The second kappa shape index (κ2) is 5.62. The Balaban J connectivity index is 1.90. The average molecular weight is 299 g/mol. The van der Waals surface area contributed by atoms with Crippen LogP contribution in [0.15, 0.2) is 48.5 Å². The van der Waals surface area contributed by atoms with E-state index in [4.69, 9.17) is 11.6 Å². The second-order valence-electron chi connectivity index (χ2n) is 4.88. The molecule has 0 radical (unpaired) electrons. The number of benzene rings is 2. The number of aromatic amines is 1. The number of carbonyl (C=O) groups is 1. The number of H-pyrrole nitrogens is 1. The first-order valence-corrected chi connectivity index (χ1v) is 7.22. The van der Waals surface area contributed by atoms with E-state index in [-0.39, 0.29) is 5.91 Å². The Kier molecular flexibility index (Phi) is 3.67. The van der Waals surface area contributed by atoms with Gasteiger partial charge < -0.3 is 10.3 Å². The average Bonchev–Trinajstić information content (AvgIpc) is 2.91. The van der Waals surface area contributed by atoms with Gasteiger partial charge in [-0.15, -0.1) is 0 Å². The van der Waals surface area contributed by atoms with Crippen molar-refractivity contribution < 1.29 is 4.79 Å². The van der Waals surface area contributed by atoms with Crippen LogP contribution < -0.4 is 5.32 Å². The molecule has 21 heavy (non-hydrogen) atoms. The predicted molar refractivity (Wildman–Crippen MR) is 87.1 cm³/mol. The molecular weight excluding hydrogens is 284 g/mol. The highest BCUT2D eigenvalue weighted by molar-refractivity contribution is 6.31. The van der Waals surface area contributed by atoms with E-state index in [0.717, 1.165) is 28.6 Å². The predicted octanol–water partition coefficient (Wildman–Crippen LogP) is 4.64. The fraction of sp³-hybridized carbons (Fsp3) is 0.118. The molecule has 3 aromatic rings. The minimum Gasteiger partial charge on any atom is -0.350 e. The Morgan fingerprint density at radius 3 is 2.81 bits per heavy atom. The summed E-state index contributed by atoms with van der Waals surface area (Å²) in [6.07, 6.45) is 0.874. The molecule has 1 heterocycles. The van der Waals surface area contributed by atoms with Gasteiger partial charge in [-0.3, -0.25) is 4.79 Å². The summed E-state index contributed by atoms with van der Waals surface area (Å²) >= 11 is 5.96. The molecule has 0 aliphatic carbocycles. The maximum Gasteiger partial charge on any atom is 0.272 e. The number of para-hydroxylation sites is 1. The number of amides is 1. The van der Waals surface area contributed by atoms with Crippen molar-refractivity contribution in [3.05, 3.63) is 64.8 Å². The summed E-state index contributed by atoms with van der Waals surface area (Å²) in [6, 6.07) is 15.2. The van der Waals surface area contributed by atoms with Gasteiger partial charge in [-0.05, 0) is 36.2 Å². The molecule has 1 amide bonds. The maximum atomic E-state index is 12.4. The number of carbonyl (C=O) groups excluding carboxylic acids is 1. The van der Waals surface area contributed by atoms with Crippen LogP contribution in [0.3, 0.4) is 0 Å². The van der Waals surface area contributed by atoms with Gasteiger partial charge in [-0.25, -0.2) is 0 Å². The summed E-state index contributed by atoms with van der Waals surface area (Å²) in [5.74, 6) is -0.150. The molecule has 4 heteroatoms. The van der Waals surface area contributed by atoms with Crippen molar-refractivity contribution in [2.45, 2.75) is 13.3 Å². The van der Waals surface area contributed by atoms with Gasteiger partial charge >= 0.3 is 0 Å². The Labute approximate surface area is 127 Å². The Morgan fingerprint density at radius 2 is 2.00 bits per heavy atom. The van der Waals surface area contributed by atoms with Gasteiger partial charge in [0.25, 0.3) is 5.91 Å². The molecule has 2 aromatic carbocycles. The molecule has 2 N–H and O–H groups in total. The van der Waals surface area contributed by atoms with Gasteiger partial charge in [0, 0.05) is 21.6 Å². The molecule has 0 atom stereocenters. The van der Waals surface area contributed by atoms with Crippen molar-refractivity contribution in [3.8, 4) is 0 Å². The molecule has 0 aliphatic rings. The van der Waals surface area contributed by atoms with E-state index in [1.54, 1.807) is 0 Å². The van der Waals surface area contributed by atoms with Gasteiger partial charge in [0.1, 0.15) is 5.69 Å². The number of halogens is 1. The highest BCUT2D eigenvalue weighted by Gasteiger charge is 2.11. The van der Waals surface area contributed by atoms with Gasteiger partial charge in [-0.2, -0.15) is 0 Å². The molecule has 1 aromatic heterocycles. The van der Waals surface area contributed by atoms with Crippen molar-refractivity contribution in [2.75, 3.05) is 5.32 Å². The summed E-state index contributed by atoms with van der Waals surface area (Å²) in [6.45, 7) is 2.07. The first-order valence-electron chi connectivity index (χ1n) is 6.85. The van der Waals surface area contributed by atoms with Crippen LogP contribution in [0, 0.1) is 0 Å². The quantitative estimate of drug-likeness (QED) is 0.727. The van der Waals surface area contributed by atoms with Crippen LogP contribution in [0.5, 0.6) is 0 Å². The molecule has 0 bridgehead atoms. The fourth-order valence-electron chi connectivity index (χ4n) is 2.36. The van der Waals surface area contributed by atoms with Crippen molar-refractivity contribution in [2.24, 2.45) is 0 Å². The zero-order valence-electron chi connectivity index (χ0n) is 11.6. The first kappa shape index (κ1) is 13.7. The van der Waals surface area contributed by atoms with E-state index < -0.39 is 0 Å². The van der Waals surface area contributed by atoms with Gasteiger partial charge in [0.2, 0.25) is 0 Å². The summed E-state index contributed by atoms with van der Waals surface area (Å²) in [4.78, 5) is 15.5. The van der Waals surface area contributed by atoms with Gasteiger partial charge in [0.15, 0.2) is 0 Å². The summed E-state index contributed by atoms with van der Waals surface area (Å²) in [7, 11) is 0. The van der Waals surface area contributed by atoms with Crippen LogP contribution in [-0.2, 0) is 6.42 Å². The molecule has 0 saturated heterocycles. The summed E-state index contributed by atoms with van der Waals surface area (Å²) in [5.41, 5.74) is 3.35. The van der Waals surface area contributed by atoms with Gasteiger partial charge in [-0.1, -0.05) is 42.8 Å². The number of fused-ring (bicyclic) bond motifs is 1. The lowest BCUT2D eigenvalue weighted by Gasteiger charge is -2.08. The number of hydrogen-bond donors (Lipinski definition) is 2. The molecule has 0 aliphatic heterocycles. The molecule has 106 valence electrons. The van der Waals surface area contributed by atoms with E-state index >= 15 is 0 Å². The first-order chi connectivity index (χ1) is 10.2. The highest BCUT2D eigenvalue weighted by Crippen LogP contribution is 2.21. The molecule has 0 spiro atoms. The SMILES string of the molecule is CCc1ccccc1NC(=O)c1cc2ccc(Cl)cc2[nH]1. The standard InChI is InChI=1S/C17H15ClN2O/c1-2-11-5-3-4-6-14(11)20-17(21)16-9-12-7-8-13(18)10-15(12)19-16/h3-10,19H,2H2,1H3,(H,20,21). The number of anilines is 1. The van der Waals surface area contributed by atoms with Crippen LogP contribution >= 0.6 is 11.6 Å². The van der Waals surface area contributed by atoms with Crippen LogP contribution in [0.1, 0.15) is 23.0 Å². The third-order valence-electron chi connectivity index (χ3n) is 3.48. The summed E-state index contributed by atoms with van der Waals surface area (Å²) in [5, 5.41) is 4.56. The van der Waals surface area contributed by atoms with Crippen molar-refractivity contribution in [3.63, 3.8) is 0 Å². The minimum absolute atomic E-state index is 0.150. The van der Waals surface area contributed by atoms with Gasteiger partial charge in [0.05, 0.1) is 0 Å². The second-order valence-corrected chi connectivity index (χ2v) is 5.32. The lowest BCUT2D eigenvalue weighted by Crippen LogP contribution is -2.13. The van der Waals surface area contributed by atoms with E-state index in [1.807, 2.05) is 48.5 Å². The van der Waals surface area contributed by atoms with Crippen LogP contribution in [0.25, 0.3) is 10.9 Å². The zero-order chi connectivity index (χ0) is 14.8. The van der Waals surface area contributed by atoms with Crippen LogP contribution in [-0.4, -0.2) is 10.9 Å². The lowest BCUT2D eigenvalue weighted by atomic mass is 10.1.